The van der Waals surface area contributed by atoms with Gasteiger partial charge in [-0.1, -0.05) is 44.2 Å². The lowest BCUT2D eigenvalue weighted by molar-refractivity contribution is 0.640. The molecule has 0 spiro atoms. The minimum atomic E-state index is -0.245. The van der Waals surface area contributed by atoms with Crippen LogP contribution in [0.2, 0.25) is 0 Å². The highest BCUT2D eigenvalue weighted by Gasteiger charge is 2.16. The standard InChI is InChI=1S/C14H15N3O/c1-10(2)13-12(8-15)14(18)17(16-13)9-11-6-4-3-5-7-11/h3-7,10,16H,9H2,1-2H3. The highest BCUT2D eigenvalue weighted by molar-refractivity contribution is 5.33. The highest BCUT2D eigenvalue weighted by Crippen LogP contribution is 2.14. The summed E-state index contributed by atoms with van der Waals surface area (Å²) in [5.74, 6) is 0.129. The van der Waals surface area contributed by atoms with Crippen LogP contribution >= 0.6 is 0 Å². The molecule has 0 amide bonds. The molecule has 2 rings (SSSR count). The molecule has 0 aliphatic rings. The SMILES string of the molecule is CC(C)c1[nH]n(Cc2ccccc2)c(=O)c1C#N. The van der Waals surface area contributed by atoms with Crippen LogP contribution in [-0.4, -0.2) is 9.78 Å². The van der Waals surface area contributed by atoms with Gasteiger partial charge in [-0.05, 0) is 11.5 Å². The second kappa shape index (κ2) is 4.92. The van der Waals surface area contributed by atoms with E-state index in [9.17, 15) is 4.79 Å². The van der Waals surface area contributed by atoms with Gasteiger partial charge in [0.15, 0.2) is 0 Å². The fourth-order valence-corrected chi connectivity index (χ4v) is 1.91. The highest BCUT2D eigenvalue weighted by atomic mass is 16.1. The Hall–Kier alpha value is -2.28. The molecular formula is C14H15N3O. The third kappa shape index (κ3) is 2.21. The van der Waals surface area contributed by atoms with Crippen molar-refractivity contribution in [2.24, 2.45) is 0 Å². The molecule has 2 aromatic rings. The molecule has 0 aliphatic carbocycles. The lowest BCUT2D eigenvalue weighted by atomic mass is 10.1. The van der Waals surface area contributed by atoms with E-state index in [1.807, 2.05) is 50.2 Å². The van der Waals surface area contributed by atoms with E-state index in [0.29, 0.717) is 12.2 Å². The van der Waals surface area contributed by atoms with Gasteiger partial charge in [-0.3, -0.25) is 9.89 Å². The van der Waals surface area contributed by atoms with Crippen LogP contribution in [0.5, 0.6) is 0 Å². The first-order valence-electron chi connectivity index (χ1n) is 5.90. The van der Waals surface area contributed by atoms with Gasteiger partial charge in [-0.25, -0.2) is 4.68 Å². The van der Waals surface area contributed by atoms with Gasteiger partial charge in [-0.2, -0.15) is 5.26 Å². The maximum atomic E-state index is 12.0. The van der Waals surface area contributed by atoms with E-state index in [1.165, 1.54) is 4.68 Å². The van der Waals surface area contributed by atoms with Gasteiger partial charge in [0.2, 0.25) is 0 Å². The van der Waals surface area contributed by atoms with E-state index < -0.39 is 0 Å². The number of benzene rings is 1. The quantitative estimate of drug-likeness (QED) is 0.895. The summed E-state index contributed by atoms with van der Waals surface area (Å²) >= 11 is 0. The first kappa shape index (κ1) is 12.2. The van der Waals surface area contributed by atoms with Crippen molar-refractivity contribution in [3.05, 3.63) is 57.5 Å². The average Bonchev–Trinajstić information content (AvgIpc) is 2.68. The van der Waals surface area contributed by atoms with Crippen molar-refractivity contribution in [3.63, 3.8) is 0 Å². The number of aromatic amines is 1. The van der Waals surface area contributed by atoms with Gasteiger partial charge < -0.3 is 0 Å². The smallest absolute Gasteiger partial charge is 0.285 e. The molecule has 0 fully saturated rings. The van der Waals surface area contributed by atoms with Crippen LogP contribution in [0.15, 0.2) is 35.1 Å². The number of rotatable bonds is 3. The second-order valence-electron chi connectivity index (χ2n) is 4.54. The van der Waals surface area contributed by atoms with Gasteiger partial charge in [0.25, 0.3) is 5.56 Å². The number of H-pyrrole nitrogens is 1. The number of hydrogen-bond donors (Lipinski definition) is 1. The number of nitrogens with zero attached hydrogens (tertiary/aromatic N) is 2. The molecule has 0 unspecified atom stereocenters. The lowest BCUT2D eigenvalue weighted by Gasteiger charge is -2.03. The number of hydrogen-bond acceptors (Lipinski definition) is 2. The fourth-order valence-electron chi connectivity index (χ4n) is 1.91. The maximum absolute atomic E-state index is 12.0. The molecule has 0 aliphatic heterocycles. The third-order valence-corrected chi connectivity index (χ3v) is 2.86. The van der Waals surface area contributed by atoms with Crippen LogP contribution in [0.1, 0.15) is 36.6 Å². The average molecular weight is 241 g/mol. The minimum absolute atomic E-state index is 0.129. The normalized spacial score (nSPS) is 10.6. The Bertz CT molecular complexity index is 629. The van der Waals surface area contributed by atoms with Crippen LogP contribution in [0.4, 0.5) is 0 Å². The summed E-state index contributed by atoms with van der Waals surface area (Å²) < 4.78 is 1.49. The zero-order valence-corrected chi connectivity index (χ0v) is 10.5. The summed E-state index contributed by atoms with van der Waals surface area (Å²) in [5.41, 5.74) is 1.71. The lowest BCUT2D eigenvalue weighted by Crippen LogP contribution is -2.18. The van der Waals surface area contributed by atoms with Crippen molar-refractivity contribution < 1.29 is 0 Å². The maximum Gasteiger partial charge on any atom is 0.285 e. The van der Waals surface area contributed by atoms with Crippen molar-refractivity contribution in [1.82, 2.24) is 9.78 Å². The Labute approximate surface area is 105 Å². The monoisotopic (exact) mass is 241 g/mol. The topological polar surface area (TPSA) is 61.6 Å². The Morgan fingerprint density at radius 2 is 2.00 bits per heavy atom. The Morgan fingerprint density at radius 1 is 1.33 bits per heavy atom. The van der Waals surface area contributed by atoms with Crippen LogP contribution in [0, 0.1) is 11.3 Å². The first-order chi connectivity index (χ1) is 8.63. The Balaban J connectivity index is 2.42. The van der Waals surface area contributed by atoms with E-state index in [-0.39, 0.29) is 17.0 Å². The zero-order chi connectivity index (χ0) is 13.1. The third-order valence-electron chi connectivity index (χ3n) is 2.86. The molecule has 0 saturated carbocycles. The molecule has 4 nitrogen and oxygen atoms in total. The Kier molecular flexibility index (Phi) is 3.33. The molecule has 1 N–H and O–H groups in total. The summed E-state index contributed by atoms with van der Waals surface area (Å²) in [4.78, 5) is 12.0. The number of aromatic nitrogens is 2. The molecule has 1 heterocycles. The second-order valence-corrected chi connectivity index (χ2v) is 4.54. The molecule has 1 aromatic carbocycles. The van der Waals surface area contributed by atoms with E-state index in [1.54, 1.807) is 0 Å². The van der Waals surface area contributed by atoms with E-state index >= 15 is 0 Å². The van der Waals surface area contributed by atoms with E-state index in [0.717, 1.165) is 5.56 Å². The molecule has 92 valence electrons. The van der Waals surface area contributed by atoms with Gasteiger partial charge in [-0.15, -0.1) is 0 Å². The molecule has 0 saturated heterocycles. The molecule has 0 radical (unpaired) electrons. The van der Waals surface area contributed by atoms with Crippen molar-refractivity contribution in [2.45, 2.75) is 26.3 Å². The van der Waals surface area contributed by atoms with Crippen molar-refractivity contribution >= 4 is 0 Å². The Morgan fingerprint density at radius 3 is 2.50 bits per heavy atom. The van der Waals surface area contributed by atoms with Crippen LogP contribution in [0.3, 0.4) is 0 Å². The van der Waals surface area contributed by atoms with Gasteiger partial charge in [0.1, 0.15) is 11.6 Å². The molecule has 4 heteroatoms. The first-order valence-corrected chi connectivity index (χ1v) is 5.90. The van der Waals surface area contributed by atoms with Crippen LogP contribution < -0.4 is 5.56 Å². The van der Waals surface area contributed by atoms with E-state index in [4.69, 9.17) is 5.26 Å². The molecular weight excluding hydrogens is 226 g/mol. The predicted molar refractivity (Wildman–Crippen MR) is 69.4 cm³/mol. The minimum Gasteiger partial charge on any atom is -0.298 e. The molecule has 0 atom stereocenters. The summed E-state index contributed by atoms with van der Waals surface area (Å²) in [6.45, 7) is 4.37. The van der Waals surface area contributed by atoms with Gasteiger partial charge in [0.05, 0.1) is 12.2 Å². The summed E-state index contributed by atoms with van der Waals surface area (Å²) in [7, 11) is 0. The van der Waals surface area contributed by atoms with Gasteiger partial charge in [0, 0.05) is 0 Å². The van der Waals surface area contributed by atoms with Crippen LogP contribution in [-0.2, 0) is 6.54 Å². The van der Waals surface area contributed by atoms with Crippen molar-refractivity contribution in [1.29, 1.82) is 5.26 Å². The predicted octanol–water partition coefficient (Wildman–Crippen LogP) is 2.22. The van der Waals surface area contributed by atoms with Crippen LogP contribution in [0.25, 0.3) is 0 Å². The summed E-state index contributed by atoms with van der Waals surface area (Å²) in [6.07, 6.45) is 0. The van der Waals surface area contributed by atoms with Crippen molar-refractivity contribution in [3.8, 4) is 6.07 Å². The largest absolute Gasteiger partial charge is 0.298 e. The molecule has 1 aromatic heterocycles. The van der Waals surface area contributed by atoms with E-state index in [2.05, 4.69) is 5.10 Å². The fraction of sp³-hybridized carbons (Fsp3) is 0.286. The van der Waals surface area contributed by atoms with Gasteiger partial charge >= 0.3 is 0 Å². The molecule has 18 heavy (non-hydrogen) atoms. The molecule has 0 bridgehead atoms. The van der Waals surface area contributed by atoms with Crippen molar-refractivity contribution in [2.75, 3.05) is 0 Å². The summed E-state index contributed by atoms with van der Waals surface area (Å²) in [5, 5.41) is 12.1. The number of nitrogens with one attached hydrogen (secondary N) is 1. The number of nitriles is 1. The zero-order valence-electron chi connectivity index (χ0n) is 10.5. The summed E-state index contributed by atoms with van der Waals surface area (Å²) in [6, 6.07) is 11.7.